The van der Waals surface area contributed by atoms with Crippen LogP contribution in [-0.2, 0) is 6.42 Å². The summed E-state index contributed by atoms with van der Waals surface area (Å²) in [5, 5.41) is 0. The highest BCUT2D eigenvalue weighted by atomic mass is 15.1. The monoisotopic (exact) mass is 262 g/mol. The Kier molecular flexibility index (Phi) is 7.76. The quantitative estimate of drug-likeness (QED) is 0.734. The number of rotatable bonds is 9. The zero-order chi connectivity index (χ0) is 14.1. The number of hydrogen-bond acceptors (Lipinski definition) is 2. The van der Waals surface area contributed by atoms with Crippen LogP contribution >= 0.6 is 0 Å². The van der Waals surface area contributed by atoms with E-state index in [1.54, 1.807) is 0 Å². The summed E-state index contributed by atoms with van der Waals surface area (Å²) in [6, 6.07) is 8.97. The van der Waals surface area contributed by atoms with E-state index in [1.165, 1.54) is 30.4 Å². The molecule has 0 aromatic heterocycles. The first-order valence-corrected chi connectivity index (χ1v) is 7.78. The molecule has 0 aliphatic rings. The first-order chi connectivity index (χ1) is 9.21. The van der Waals surface area contributed by atoms with E-state index in [-0.39, 0.29) is 6.04 Å². The first-order valence-electron chi connectivity index (χ1n) is 7.78. The lowest BCUT2D eigenvalue weighted by atomic mass is 10.0. The van der Waals surface area contributed by atoms with Crippen molar-refractivity contribution in [2.45, 2.75) is 52.5 Å². The highest BCUT2D eigenvalue weighted by Crippen LogP contribution is 2.14. The molecule has 2 N–H and O–H groups in total. The van der Waals surface area contributed by atoms with Gasteiger partial charge in [-0.1, -0.05) is 57.9 Å². The lowest BCUT2D eigenvalue weighted by Gasteiger charge is -2.24. The van der Waals surface area contributed by atoms with Crippen molar-refractivity contribution in [3.05, 3.63) is 35.4 Å². The van der Waals surface area contributed by atoms with Crippen molar-refractivity contribution in [3.63, 3.8) is 0 Å². The summed E-state index contributed by atoms with van der Waals surface area (Å²) >= 11 is 0. The van der Waals surface area contributed by atoms with Crippen molar-refractivity contribution in [1.82, 2.24) is 4.90 Å². The minimum Gasteiger partial charge on any atom is -0.323 e. The maximum absolute atomic E-state index is 6.33. The number of nitrogens with two attached hydrogens (primary N) is 1. The molecule has 0 saturated carbocycles. The van der Waals surface area contributed by atoms with E-state index >= 15 is 0 Å². The predicted molar refractivity (Wildman–Crippen MR) is 84.4 cm³/mol. The van der Waals surface area contributed by atoms with Gasteiger partial charge in [-0.05, 0) is 37.1 Å². The van der Waals surface area contributed by atoms with Gasteiger partial charge in [0.05, 0.1) is 0 Å². The molecule has 0 amide bonds. The predicted octanol–water partition coefficient (Wildman–Crippen LogP) is 3.76. The minimum absolute atomic E-state index is 0.132. The van der Waals surface area contributed by atoms with E-state index in [2.05, 4.69) is 49.9 Å². The fraction of sp³-hybridized carbons (Fsp3) is 0.647. The maximum atomic E-state index is 6.33. The van der Waals surface area contributed by atoms with Crippen molar-refractivity contribution in [2.24, 2.45) is 5.73 Å². The molecule has 2 heteroatoms. The third-order valence-electron chi connectivity index (χ3n) is 3.68. The molecule has 1 rings (SSSR count). The Hall–Kier alpha value is -0.860. The van der Waals surface area contributed by atoms with Crippen molar-refractivity contribution in [1.29, 1.82) is 0 Å². The first kappa shape index (κ1) is 16.2. The minimum atomic E-state index is 0.132. The lowest BCUT2D eigenvalue weighted by molar-refractivity contribution is 0.266. The van der Waals surface area contributed by atoms with Gasteiger partial charge in [-0.3, -0.25) is 0 Å². The molecule has 0 aliphatic carbocycles. The zero-order valence-corrected chi connectivity index (χ0v) is 12.9. The largest absolute Gasteiger partial charge is 0.323 e. The molecule has 1 atom stereocenters. The van der Waals surface area contributed by atoms with Crippen LogP contribution in [0.4, 0.5) is 0 Å². The molecule has 1 unspecified atom stereocenters. The van der Waals surface area contributed by atoms with Crippen LogP contribution in [0.25, 0.3) is 0 Å². The normalized spacial score (nSPS) is 12.9. The molecule has 0 bridgehead atoms. The van der Waals surface area contributed by atoms with Gasteiger partial charge in [0.25, 0.3) is 0 Å². The van der Waals surface area contributed by atoms with Gasteiger partial charge in [0, 0.05) is 12.6 Å². The van der Waals surface area contributed by atoms with Crippen LogP contribution in [-0.4, -0.2) is 24.5 Å². The number of hydrogen-bond donors (Lipinski definition) is 1. The van der Waals surface area contributed by atoms with Gasteiger partial charge in [0.1, 0.15) is 0 Å². The molecule has 0 radical (unpaired) electrons. The summed E-state index contributed by atoms with van der Waals surface area (Å²) < 4.78 is 0. The molecular weight excluding hydrogens is 232 g/mol. The van der Waals surface area contributed by atoms with Gasteiger partial charge in [-0.25, -0.2) is 0 Å². The van der Waals surface area contributed by atoms with Crippen molar-refractivity contribution in [3.8, 4) is 0 Å². The molecule has 1 aromatic carbocycles. The van der Waals surface area contributed by atoms with Crippen molar-refractivity contribution < 1.29 is 0 Å². The van der Waals surface area contributed by atoms with Gasteiger partial charge < -0.3 is 10.6 Å². The van der Waals surface area contributed by atoms with Crippen molar-refractivity contribution >= 4 is 0 Å². The molecule has 0 heterocycles. The molecule has 1 aromatic rings. The SMILES string of the molecule is CCCCN(CC)CC(N)c1ccc(CCC)cc1. The van der Waals surface area contributed by atoms with Crippen LogP contribution in [0.5, 0.6) is 0 Å². The Morgan fingerprint density at radius 1 is 1.05 bits per heavy atom. The van der Waals surface area contributed by atoms with E-state index < -0.39 is 0 Å². The summed E-state index contributed by atoms with van der Waals surface area (Å²) in [7, 11) is 0. The fourth-order valence-corrected chi connectivity index (χ4v) is 2.36. The average molecular weight is 262 g/mol. The van der Waals surface area contributed by atoms with Gasteiger partial charge in [0.15, 0.2) is 0 Å². The Morgan fingerprint density at radius 2 is 1.74 bits per heavy atom. The van der Waals surface area contributed by atoms with Crippen LogP contribution in [0.1, 0.15) is 57.2 Å². The summed E-state index contributed by atoms with van der Waals surface area (Å²) in [5.74, 6) is 0. The smallest absolute Gasteiger partial charge is 0.0424 e. The fourth-order valence-electron chi connectivity index (χ4n) is 2.36. The molecule has 0 saturated heterocycles. The van der Waals surface area contributed by atoms with Crippen LogP contribution in [0, 0.1) is 0 Å². The second kappa shape index (κ2) is 9.11. The van der Waals surface area contributed by atoms with E-state index in [0.717, 1.165) is 26.1 Å². The van der Waals surface area contributed by atoms with Gasteiger partial charge in [0.2, 0.25) is 0 Å². The number of aryl methyl sites for hydroxylation is 1. The zero-order valence-electron chi connectivity index (χ0n) is 12.9. The number of likely N-dealkylation sites (N-methyl/N-ethyl adjacent to an activating group) is 1. The van der Waals surface area contributed by atoms with Crippen LogP contribution < -0.4 is 5.73 Å². The van der Waals surface area contributed by atoms with E-state index in [4.69, 9.17) is 5.73 Å². The van der Waals surface area contributed by atoms with Crippen LogP contribution in [0.15, 0.2) is 24.3 Å². The number of benzene rings is 1. The molecule has 2 nitrogen and oxygen atoms in total. The summed E-state index contributed by atoms with van der Waals surface area (Å²) in [5.41, 5.74) is 9.00. The van der Waals surface area contributed by atoms with Gasteiger partial charge >= 0.3 is 0 Å². The molecule has 108 valence electrons. The van der Waals surface area contributed by atoms with Crippen molar-refractivity contribution in [2.75, 3.05) is 19.6 Å². The molecule has 0 fully saturated rings. The topological polar surface area (TPSA) is 29.3 Å². The Labute approximate surface area is 119 Å². The Balaban J connectivity index is 2.53. The molecular formula is C17H30N2. The second-order valence-electron chi connectivity index (χ2n) is 5.34. The highest BCUT2D eigenvalue weighted by Gasteiger charge is 2.10. The number of nitrogens with zero attached hydrogens (tertiary/aromatic N) is 1. The van der Waals surface area contributed by atoms with Gasteiger partial charge in [-0.2, -0.15) is 0 Å². The third kappa shape index (κ3) is 5.75. The standard InChI is InChI=1S/C17H30N2/c1-4-7-13-19(6-3)14-17(18)16-11-9-15(8-5-2)10-12-16/h9-12,17H,4-8,13-14,18H2,1-3H3. The Morgan fingerprint density at radius 3 is 2.26 bits per heavy atom. The highest BCUT2D eigenvalue weighted by molar-refractivity contribution is 5.25. The van der Waals surface area contributed by atoms with Gasteiger partial charge in [-0.15, -0.1) is 0 Å². The molecule has 19 heavy (non-hydrogen) atoms. The van der Waals surface area contributed by atoms with E-state index in [0.29, 0.717) is 0 Å². The average Bonchev–Trinajstić information content (AvgIpc) is 2.44. The Bertz CT molecular complexity index is 332. The number of unbranched alkanes of at least 4 members (excludes halogenated alkanes) is 1. The summed E-state index contributed by atoms with van der Waals surface area (Å²) in [4.78, 5) is 2.45. The summed E-state index contributed by atoms with van der Waals surface area (Å²) in [6.45, 7) is 9.87. The van der Waals surface area contributed by atoms with Crippen LogP contribution in [0.2, 0.25) is 0 Å². The second-order valence-corrected chi connectivity index (χ2v) is 5.34. The van der Waals surface area contributed by atoms with E-state index in [1.807, 2.05) is 0 Å². The summed E-state index contributed by atoms with van der Waals surface area (Å²) in [6.07, 6.45) is 4.87. The molecule has 0 aliphatic heterocycles. The lowest BCUT2D eigenvalue weighted by Crippen LogP contribution is -2.32. The van der Waals surface area contributed by atoms with Crippen LogP contribution in [0.3, 0.4) is 0 Å². The van der Waals surface area contributed by atoms with E-state index in [9.17, 15) is 0 Å². The molecule has 0 spiro atoms. The maximum Gasteiger partial charge on any atom is 0.0424 e. The third-order valence-corrected chi connectivity index (χ3v) is 3.68.